The van der Waals surface area contributed by atoms with E-state index >= 15 is 0 Å². The molecule has 2 heterocycles. The molecule has 2 aromatic heterocycles. The molecule has 0 saturated heterocycles. The van der Waals surface area contributed by atoms with Gasteiger partial charge in [-0.15, -0.1) is 0 Å². The zero-order chi connectivity index (χ0) is 16.8. The molecule has 0 aliphatic rings. The number of rotatable bonds is 2. The normalized spacial score (nSPS) is 11.6. The second-order valence-electron chi connectivity index (χ2n) is 6.12. The SMILES string of the molecule is Fc1ccc2c(c1)c1nc3ccccc3nc1n2Cc1ccccc1. The molecule has 3 aromatic carbocycles. The summed E-state index contributed by atoms with van der Waals surface area (Å²) in [4.78, 5) is 9.58. The van der Waals surface area contributed by atoms with E-state index < -0.39 is 0 Å². The van der Waals surface area contributed by atoms with E-state index in [1.807, 2.05) is 48.5 Å². The monoisotopic (exact) mass is 327 g/mol. The zero-order valence-corrected chi connectivity index (χ0v) is 13.4. The third kappa shape index (κ3) is 2.26. The largest absolute Gasteiger partial charge is 0.319 e. The molecule has 5 rings (SSSR count). The Hall–Kier alpha value is -3.27. The number of benzene rings is 3. The number of halogens is 1. The Labute approximate surface area is 143 Å². The quantitative estimate of drug-likeness (QED) is 0.460. The van der Waals surface area contributed by atoms with Crippen molar-refractivity contribution >= 4 is 33.1 Å². The summed E-state index contributed by atoms with van der Waals surface area (Å²) in [5, 5.41) is 0.796. The van der Waals surface area contributed by atoms with E-state index in [1.54, 1.807) is 6.07 Å². The third-order valence-electron chi connectivity index (χ3n) is 4.50. The van der Waals surface area contributed by atoms with Gasteiger partial charge in [0.15, 0.2) is 5.65 Å². The predicted molar refractivity (Wildman–Crippen MR) is 98.0 cm³/mol. The Morgan fingerprint density at radius 2 is 1.52 bits per heavy atom. The number of para-hydroxylation sites is 2. The Bertz CT molecular complexity index is 1230. The molecule has 4 heteroatoms. The van der Waals surface area contributed by atoms with Crippen molar-refractivity contribution in [2.75, 3.05) is 0 Å². The molecular formula is C21H14FN3. The van der Waals surface area contributed by atoms with Gasteiger partial charge in [0, 0.05) is 11.9 Å². The second kappa shape index (κ2) is 5.38. The maximum Gasteiger partial charge on any atom is 0.160 e. The van der Waals surface area contributed by atoms with Gasteiger partial charge in [0.25, 0.3) is 0 Å². The molecule has 0 spiro atoms. The van der Waals surface area contributed by atoms with Crippen molar-refractivity contribution in [3.05, 3.63) is 84.2 Å². The molecule has 0 unspecified atom stereocenters. The lowest BCUT2D eigenvalue weighted by Crippen LogP contribution is -2.01. The lowest BCUT2D eigenvalue weighted by Gasteiger charge is -2.07. The number of hydrogen-bond donors (Lipinski definition) is 0. The summed E-state index contributed by atoms with van der Waals surface area (Å²) < 4.78 is 16.0. The molecule has 25 heavy (non-hydrogen) atoms. The van der Waals surface area contributed by atoms with Crippen LogP contribution < -0.4 is 0 Å². The van der Waals surface area contributed by atoms with Crippen LogP contribution >= 0.6 is 0 Å². The van der Waals surface area contributed by atoms with E-state index in [0.717, 1.165) is 33.1 Å². The van der Waals surface area contributed by atoms with E-state index in [-0.39, 0.29) is 5.82 Å². The van der Waals surface area contributed by atoms with Gasteiger partial charge in [0.2, 0.25) is 0 Å². The number of fused-ring (bicyclic) bond motifs is 4. The maximum absolute atomic E-state index is 13.9. The predicted octanol–water partition coefficient (Wildman–Crippen LogP) is 4.93. The van der Waals surface area contributed by atoms with Crippen molar-refractivity contribution in [1.29, 1.82) is 0 Å². The van der Waals surface area contributed by atoms with Gasteiger partial charge >= 0.3 is 0 Å². The molecule has 0 aliphatic carbocycles. The van der Waals surface area contributed by atoms with Gasteiger partial charge in [-0.05, 0) is 35.9 Å². The maximum atomic E-state index is 13.9. The van der Waals surface area contributed by atoms with Crippen LogP contribution in [0.4, 0.5) is 4.39 Å². The highest BCUT2D eigenvalue weighted by atomic mass is 19.1. The van der Waals surface area contributed by atoms with Crippen LogP contribution in [0.2, 0.25) is 0 Å². The lowest BCUT2D eigenvalue weighted by molar-refractivity contribution is 0.629. The van der Waals surface area contributed by atoms with Crippen molar-refractivity contribution in [1.82, 2.24) is 14.5 Å². The van der Waals surface area contributed by atoms with Gasteiger partial charge in [-0.1, -0.05) is 42.5 Å². The fourth-order valence-corrected chi connectivity index (χ4v) is 3.33. The molecule has 0 amide bonds. The molecule has 0 bridgehead atoms. The number of nitrogens with zero attached hydrogens (tertiary/aromatic N) is 3. The van der Waals surface area contributed by atoms with Gasteiger partial charge in [0.1, 0.15) is 11.3 Å². The molecule has 0 aliphatic heterocycles. The van der Waals surface area contributed by atoms with Gasteiger partial charge in [-0.25, -0.2) is 14.4 Å². The highest BCUT2D eigenvalue weighted by Crippen LogP contribution is 2.29. The minimum absolute atomic E-state index is 0.263. The Balaban J connectivity index is 1.88. The van der Waals surface area contributed by atoms with Gasteiger partial charge in [0.05, 0.1) is 16.6 Å². The number of hydrogen-bond acceptors (Lipinski definition) is 2. The van der Waals surface area contributed by atoms with E-state index in [0.29, 0.717) is 6.54 Å². The van der Waals surface area contributed by atoms with Crippen LogP contribution in [-0.4, -0.2) is 14.5 Å². The molecule has 5 aromatic rings. The van der Waals surface area contributed by atoms with Crippen molar-refractivity contribution in [3.8, 4) is 0 Å². The highest BCUT2D eigenvalue weighted by molar-refractivity contribution is 6.06. The average Bonchev–Trinajstić information content (AvgIpc) is 2.93. The van der Waals surface area contributed by atoms with Gasteiger partial charge in [-0.3, -0.25) is 0 Å². The molecule has 0 atom stereocenters. The standard InChI is InChI=1S/C21H14FN3/c22-15-10-11-19-16(12-15)20-21(24-18-9-5-4-8-17(18)23-20)25(19)13-14-6-2-1-3-7-14/h1-12H,13H2. The Kier molecular flexibility index (Phi) is 3.04. The molecule has 3 nitrogen and oxygen atoms in total. The molecular weight excluding hydrogens is 313 g/mol. The first-order valence-electron chi connectivity index (χ1n) is 8.18. The van der Waals surface area contributed by atoms with Crippen LogP contribution in [0.3, 0.4) is 0 Å². The zero-order valence-electron chi connectivity index (χ0n) is 13.4. The van der Waals surface area contributed by atoms with E-state index in [2.05, 4.69) is 16.7 Å². The summed E-state index contributed by atoms with van der Waals surface area (Å²) in [6.45, 7) is 0.666. The molecule has 0 N–H and O–H groups in total. The van der Waals surface area contributed by atoms with Gasteiger partial charge < -0.3 is 4.57 Å². The minimum atomic E-state index is -0.263. The summed E-state index contributed by atoms with van der Waals surface area (Å²) in [6, 6.07) is 22.8. The Morgan fingerprint density at radius 3 is 2.32 bits per heavy atom. The fraction of sp³-hybridized carbons (Fsp3) is 0.0476. The summed E-state index contributed by atoms with van der Waals surface area (Å²) in [7, 11) is 0. The van der Waals surface area contributed by atoms with Crippen LogP contribution in [0.1, 0.15) is 5.56 Å². The topological polar surface area (TPSA) is 30.7 Å². The first kappa shape index (κ1) is 14.1. The van der Waals surface area contributed by atoms with Crippen molar-refractivity contribution in [3.63, 3.8) is 0 Å². The van der Waals surface area contributed by atoms with Crippen LogP contribution in [0.5, 0.6) is 0 Å². The van der Waals surface area contributed by atoms with Crippen LogP contribution in [-0.2, 0) is 6.54 Å². The summed E-state index contributed by atoms with van der Waals surface area (Å²) in [5.41, 5.74) is 5.29. The van der Waals surface area contributed by atoms with E-state index in [4.69, 9.17) is 9.97 Å². The molecule has 0 saturated carbocycles. The first-order chi connectivity index (χ1) is 12.3. The first-order valence-corrected chi connectivity index (χ1v) is 8.18. The van der Waals surface area contributed by atoms with Crippen LogP contribution in [0, 0.1) is 5.82 Å². The van der Waals surface area contributed by atoms with E-state index in [1.165, 1.54) is 11.6 Å². The molecule has 120 valence electrons. The minimum Gasteiger partial charge on any atom is -0.319 e. The summed E-state index contributed by atoms with van der Waals surface area (Å²) in [6.07, 6.45) is 0. The van der Waals surface area contributed by atoms with Crippen LogP contribution in [0.25, 0.3) is 33.1 Å². The summed E-state index contributed by atoms with van der Waals surface area (Å²) >= 11 is 0. The number of aromatic nitrogens is 3. The average molecular weight is 327 g/mol. The fourth-order valence-electron chi connectivity index (χ4n) is 3.33. The molecule has 0 fully saturated rings. The summed E-state index contributed by atoms with van der Waals surface area (Å²) in [5.74, 6) is -0.263. The van der Waals surface area contributed by atoms with E-state index in [9.17, 15) is 4.39 Å². The Morgan fingerprint density at radius 1 is 0.800 bits per heavy atom. The van der Waals surface area contributed by atoms with Crippen molar-refractivity contribution in [2.45, 2.75) is 6.54 Å². The van der Waals surface area contributed by atoms with Crippen molar-refractivity contribution in [2.24, 2.45) is 0 Å². The highest BCUT2D eigenvalue weighted by Gasteiger charge is 2.15. The molecule has 0 radical (unpaired) electrons. The lowest BCUT2D eigenvalue weighted by atomic mass is 10.2. The smallest absolute Gasteiger partial charge is 0.160 e. The van der Waals surface area contributed by atoms with Crippen LogP contribution in [0.15, 0.2) is 72.8 Å². The van der Waals surface area contributed by atoms with Gasteiger partial charge in [-0.2, -0.15) is 0 Å². The van der Waals surface area contributed by atoms with Crippen molar-refractivity contribution < 1.29 is 4.39 Å². The third-order valence-corrected chi connectivity index (χ3v) is 4.50. The second-order valence-corrected chi connectivity index (χ2v) is 6.12.